The van der Waals surface area contributed by atoms with Gasteiger partial charge in [0.05, 0.1) is 0 Å². The predicted molar refractivity (Wildman–Crippen MR) is 134 cm³/mol. The first-order valence-electron chi connectivity index (χ1n) is 12.0. The minimum Gasteiger partial charge on any atom is -0.445 e. The summed E-state index contributed by atoms with van der Waals surface area (Å²) in [4.78, 5) is 38.3. The Hall–Kier alpha value is -3.41. The number of benzene rings is 2. The first kappa shape index (κ1) is 26.2. The fourth-order valence-electron chi connectivity index (χ4n) is 4.37. The first-order valence-corrected chi connectivity index (χ1v) is 12.0. The molecular weight excluding hydrogens is 442 g/mol. The number of esters is 1. The van der Waals surface area contributed by atoms with Crippen LogP contribution in [-0.2, 0) is 32.1 Å². The molecule has 35 heavy (non-hydrogen) atoms. The van der Waals surface area contributed by atoms with Gasteiger partial charge in [0, 0.05) is 18.4 Å². The third kappa shape index (κ3) is 7.28. The zero-order chi connectivity index (χ0) is 25.6. The van der Waals surface area contributed by atoms with Gasteiger partial charge in [0.1, 0.15) is 18.4 Å². The number of hydrogen-bond donors (Lipinski definition) is 1. The summed E-state index contributed by atoms with van der Waals surface area (Å²) in [5.74, 6) is -0.769. The Morgan fingerprint density at radius 1 is 1.06 bits per heavy atom. The van der Waals surface area contributed by atoms with E-state index in [1.54, 1.807) is 0 Å². The molecule has 1 aliphatic carbocycles. The smallest absolute Gasteiger partial charge is 0.408 e. The van der Waals surface area contributed by atoms with Crippen molar-refractivity contribution in [1.82, 2.24) is 5.32 Å². The van der Waals surface area contributed by atoms with Crippen LogP contribution in [0.15, 0.2) is 66.4 Å². The Kier molecular flexibility index (Phi) is 8.49. The van der Waals surface area contributed by atoms with Crippen LogP contribution in [0.5, 0.6) is 0 Å². The van der Waals surface area contributed by atoms with Crippen LogP contribution in [0, 0.1) is 24.2 Å². The van der Waals surface area contributed by atoms with E-state index in [0.29, 0.717) is 18.6 Å². The van der Waals surface area contributed by atoms with Gasteiger partial charge < -0.3 is 14.8 Å². The molecule has 2 aromatic carbocycles. The Morgan fingerprint density at radius 2 is 1.74 bits per heavy atom. The van der Waals surface area contributed by atoms with E-state index in [4.69, 9.17) is 9.47 Å². The van der Waals surface area contributed by atoms with Crippen LogP contribution in [0.3, 0.4) is 0 Å². The minimum absolute atomic E-state index is 0.0560. The first-order chi connectivity index (χ1) is 16.5. The van der Waals surface area contributed by atoms with Crippen molar-refractivity contribution in [2.24, 2.45) is 17.3 Å². The summed E-state index contributed by atoms with van der Waals surface area (Å²) in [6.45, 7) is 9.72. The maximum absolute atomic E-state index is 13.0. The average molecular weight is 478 g/mol. The molecule has 0 spiro atoms. The third-order valence-corrected chi connectivity index (χ3v) is 6.38. The van der Waals surface area contributed by atoms with E-state index in [0.717, 1.165) is 16.7 Å². The number of ether oxygens (including phenoxy) is 2. The van der Waals surface area contributed by atoms with Crippen molar-refractivity contribution >= 4 is 17.8 Å². The zero-order valence-electron chi connectivity index (χ0n) is 21.2. The van der Waals surface area contributed by atoms with Crippen LogP contribution in [-0.4, -0.2) is 23.9 Å². The number of rotatable bonds is 8. The van der Waals surface area contributed by atoms with Crippen LogP contribution in [0.4, 0.5) is 4.79 Å². The van der Waals surface area contributed by atoms with Crippen LogP contribution in [0.2, 0.25) is 0 Å². The van der Waals surface area contributed by atoms with Gasteiger partial charge in [-0.15, -0.1) is 0 Å². The Balaban J connectivity index is 1.62. The fraction of sp³-hybridized carbons (Fsp3) is 0.414. The maximum atomic E-state index is 13.0. The zero-order valence-corrected chi connectivity index (χ0v) is 21.2. The molecule has 1 unspecified atom stereocenters. The molecule has 0 aromatic heterocycles. The summed E-state index contributed by atoms with van der Waals surface area (Å²) in [5, 5.41) is 2.62. The number of aryl methyl sites for hydroxylation is 1. The van der Waals surface area contributed by atoms with Crippen LogP contribution in [0.25, 0.3) is 0 Å². The third-order valence-electron chi connectivity index (χ3n) is 6.38. The number of nitrogens with one attached hydrogen (secondary N) is 1. The standard InChI is InChI=1S/C29H35NO5/c1-19(2)26(30-28(33)34-18-22-13-9-10-20(3)14-22)27(32)35-23-16-25(31)24(29(4,5)17-23)15-21-11-7-6-8-12-21/h6-14,16,19,24,26H,15,17-18H2,1-5H3,(H,30,33)/t24?,26-/m0/s1. The monoisotopic (exact) mass is 477 g/mol. The van der Waals surface area contributed by atoms with E-state index in [9.17, 15) is 14.4 Å². The highest BCUT2D eigenvalue weighted by molar-refractivity contribution is 5.94. The number of carbonyl (C=O) groups is 3. The van der Waals surface area contributed by atoms with Crippen LogP contribution < -0.4 is 5.32 Å². The van der Waals surface area contributed by atoms with Crippen molar-refractivity contribution in [2.45, 2.75) is 60.1 Å². The van der Waals surface area contributed by atoms with Crippen LogP contribution >= 0.6 is 0 Å². The van der Waals surface area contributed by atoms with E-state index in [2.05, 4.69) is 5.32 Å². The molecule has 2 aromatic rings. The van der Waals surface area contributed by atoms with Gasteiger partial charge in [-0.2, -0.15) is 0 Å². The average Bonchev–Trinajstić information content (AvgIpc) is 2.78. The van der Waals surface area contributed by atoms with Crippen molar-refractivity contribution in [3.05, 3.63) is 83.1 Å². The largest absolute Gasteiger partial charge is 0.445 e. The minimum atomic E-state index is -0.902. The molecule has 1 aliphatic rings. The number of amides is 1. The number of allylic oxidation sites excluding steroid dienone is 2. The van der Waals surface area contributed by atoms with Crippen molar-refractivity contribution in [3.8, 4) is 0 Å². The highest BCUT2D eigenvalue weighted by Gasteiger charge is 2.40. The second-order valence-electron chi connectivity index (χ2n) is 10.3. The summed E-state index contributed by atoms with van der Waals surface area (Å²) in [6, 6.07) is 16.7. The SMILES string of the molecule is Cc1cccc(COC(=O)N[C@H](C(=O)OC2=CC(=O)C(Cc3ccccc3)C(C)(C)C2)C(C)C)c1. The molecule has 0 bridgehead atoms. The molecule has 0 fully saturated rings. The Bertz CT molecular complexity index is 1090. The lowest BCUT2D eigenvalue weighted by Gasteiger charge is -2.37. The molecule has 0 saturated heterocycles. The predicted octanol–water partition coefficient (Wildman–Crippen LogP) is 5.53. The molecule has 1 amide bonds. The van der Waals surface area contributed by atoms with Gasteiger partial charge in [0.15, 0.2) is 5.78 Å². The van der Waals surface area contributed by atoms with Gasteiger partial charge in [-0.25, -0.2) is 9.59 Å². The Labute approximate surface area is 207 Å². The van der Waals surface area contributed by atoms with E-state index in [1.807, 2.05) is 89.2 Å². The maximum Gasteiger partial charge on any atom is 0.408 e. The molecule has 186 valence electrons. The van der Waals surface area contributed by atoms with Crippen molar-refractivity contribution in [1.29, 1.82) is 0 Å². The summed E-state index contributed by atoms with van der Waals surface area (Å²) in [5.41, 5.74) is 2.65. The summed E-state index contributed by atoms with van der Waals surface area (Å²) in [7, 11) is 0. The molecule has 3 rings (SSSR count). The van der Waals surface area contributed by atoms with E-state index >= 15 is 0 Å². The molecule has 6 nitrogen and oxygen atoms in total. The summed E-state index contributed by atoms with van der Waals surface area (Å²) >= 11 is 0. The molecule has 2 atom stereocenters. The van der Waals surface area contributed by atoms with Gasteiger partial charge >= 0.3 is 12.1 Å². The second-order valence-corrected chi connectivity index (χ2v) is 10.3. The van der Waals surface area contributed by atoms with Gasteiger partial charge in [-0.05, 0) is 35.8 Å². The fourth-order valence-corrected chi connectivity index (χ4v) is 4.37. The van der Waals surface area contributed by atoms with Crippen molar-refractivity contribution in [2.75, 3.05) is 0 Å². The highest BCUT2D eigenvalue weighted by Crippen LogP contribution is 2.41. The molecule has 6 heteroatoms. The number of alkyl carbamates (subject to hydrolysis) is 1. The van der Waals surface area contributed by atoms with Crippen LogP contribution in [0.1, 0.15) is 50.8 Å². The molecule has 0 heterocycles. The topological polar surface area (TPSA) is 81.7 Å². The van der Waals surface area contributed by atoms with E-state index in [-0.39, 0.29) is 29.6 Å². The summed E-state index contributed by atoms with van der Waals surface area (Å²) in [6.07, 6.45) is 1.82. The molecule has 0 radical (unpaired) electrons. The quantitative estimate of drug-likeness (QED) is 0.506. The van der Waals surface area contributed by atoms with Gasteiger partial charge in [0.25, 0.3) is 0 Å². The Morgan fingerprint density at radius 3 is 2.37 bits per heavy atom. The normalized spacial score (nSPS) is 17.9. The summed E-state index contributed by atoms with van der Waals surface area (Å²) < 4.78 is 10.9. The highest BCUT2D eigenvalue weighted by atomic mass is 16.6. The molecular formula is C29H35NO5. The van der Waals surface area contributed by atoms with E-state index < -0.39 is 18.1 Å². The second kappa shape index (κ2) is 11.3. The van der Waals surface area contributed by atoms with Gasteiger partial charge in [-0.1, -0.05) is 87.9 Å². The van der Waals surface area contributed by atoms with Gasteiger partial charge in [-0.3, -0.25) is 4.79 Å². The lowest BCUT2D eigenvalue weighted by molar-refractivity contribution is -0.144. The molecule has 0 saturated carbocycles. The van der Waals surface area contributed by atoms with Crippen molar-refractivity contribution < 1.29 is 23.9 Å². The number of carbonyl (C=O) groups excluding carboxylic acids is 3. The lowest BCUT2D eigenvalue weighted by Crippen LogP contribution is -2.46. The number of ketones is 1. The van der Waals surface area contributed by atoms with Crippen molar-refractivity contribution in [3.63, 3.8) is 0 Å². The lowest BCUT2D eigenvalue weighted by atomic mass is 9.68. The molecule has 0 aliphatic heterocycles. The molecule has 1 N–H and O–H groups in total. The number of hydrogen-bond acceptors (Lipinski definition) is 5. The van der Waals surface area contributed by atoms with E-state index in [1.165, 1.54) is 6.08 Å². The van der Waals surface area contributed by atoms with Gasteiger partial charge in [0.2, 0.25) is 0 Å².